The molecule has 0 amide bonds. The summed E-state index contributed by atoms with van der Waals surface area (Å²) in [6, 6.07) is 20.6. The zero-order chi connectivity index (χ0) is 18.2. The number of aromatic nitrogens is 1. The van der Waals surface area contributed by atoms with Crippen LogP contribution in [-0.4, -0.2) is 18.0 Å². The van der Waals surface area contributed by atoms with E-state index >= 15 is 0 Å². The van der Waals surface area contributed by atoms with E-state index in [0.29, 0.717) is 19.0 Å². The molecule has 0 unspecified atom stereocenters. The van der Waals surface area contributed by atoms with Gasteiger partial charge in [-0.15, -0.1) is 0 Å². The average Bonchev–Trinajstić information content (AvgIpc) is 2.70. The quantitative estimate of drug-likeness (QED) is 0.545. The van der Waals surface area contributed by atoms with Gasteiger partial charge in [0.25, 0.3) is 0 Å². The van der Waals surface area contributed by atoms with E-state index in [2.05, 4.69) is 32.7 Å². The maximum absolute atomic E-state index is 13.0. The molecule has 1 aromatic heterocycles. The van der Waals surface area contributed by atoms with Crippen molar-refractivity contribution in [1.82, 2.24) is 15.6 Å². The van der Waals surface area contributed by atoms with Crippen molar-refractivity contribution >= 4 is 5.96 Å². The Morgan fingerprint density at radius 1 is 0.923 bits per heavy atom. The summed E-state index contributed by atoms with van der Waals surface area (Å²) in [4.78, 5) is 8.61. The van der Waals surface area contributed by atoms with Crippen molar-refractivity contribution in [3.8, 4) is 11.3 Å². The summed E-state index contributed by atoms with van der Waals surface area (Å²) in [5.74, 6) is 0.460. The molecule has 132 valence electrons. The van der Waals surface area contributed by atoms with Crippen LogP contribution in [0, 0.1) is 5.82 Å². The van der Waals surface area contributed by atoms with Crippen LogP contribution in [0.25, 0.3) is 11.3 Å². The molecule has 0 bridgehead atoms. The van der Waals surface area contributed by atoms with Gasteiger partial charge in [0.05, 0.1) is 5.69 Å². The highest BCUT2D eigenvalue weighted by Crippen LogP contribution is 2.17. The molecule has 1 heterocycles. The number of hydrogen-bond donors (Lipinski definition) is 2. The van der Waals surface area contributed by atoms with Crippen molar-refractivity contribution in [2.24, 2.45) is 4.99 Å². The number of nitrogens with one attached hydrogen (secondary N) is 2. The zero-order valence-electron chi connectivity index (χ0n) is 14.6. The van der Waals surface area contributed by atoms with Gasteiger partial charge in [-0.2, -0.15) is 0 Å². The molecule has 2 N–H and O–H groups in total. The predicted molar refractivity (Wildman–Crippen MR) is 103 cm³/mol. The van der Waals surface area contributed by atoms with E-state index in [1.54, 1.807) is 25.4 Å². The minimum atomic E-state index is -0.232. The van der Waals surface area contributed by atoms with Crippen molar-refractivity contribution in [3.63, 3.8) is 0 Å². The first-order valence-corrected chi connectivity index (χ1v) is 8.44. The molecule has 0 radical (unpaired) electrons. The molecular weight excluding hydrogens is 327 g/mol. The fourth-order valence-electron chi connectivity index (χ4n) is 2.57. The SMILES string of the molecule is CN=C(NCc1ccc(F)cc1)NCc1cccc(-c2ccccn2)c1. The van der Waals surface area contributed by atoms with Crippen LogP contribution in [-0.2, 0) is 13.1 Å². The molecule has 0 saturated heterocycles. The second-order valence-electron chi connectivity index (χ2n) is 5.82. The Balaban J connectivity index is 1.58. The second-order valence-corrected chi connectivity index (χ2v) is 5.82. The number of guanidine groups is 1. The summed E-state index contributed by atoms with van der Waals surface area (Å²) >= 11 is 0. The van der Waals surface area contributed by atoms with Gasteiger partial charge in [0.15, 0.2) is 5.96 Å². The van der Waals surface area contributed by atoms with Gasteiger partial charge in [-0.05, 0) is 41.5 Å². The highest BCUT2D eigenvalue weighted by molar-refractivity contribution is 5.79. The van der Waals surface area contributed by atoms with Gasteiger partial charge in [-0.1, -0.05) is 36.4 Å². The van der Waals surface area contributed by atoms with E-state index in [1.165, 1.54) is 12.1 Å². The van der Waals surface area contributed by atoms with E-state index in [1.807, 2.05) is 30.3 Å². The van der Waals surface area contributed by atoms with E-state index in [-0.39, 0.29) is 5.82 Å². The minimum absolute atomic E-state index is 0.232. The molecule has 3 aromatic rings. The van der Waals surface area contributed by atoms with E-state index in [0.717, 1.165) is 22.4 Å². The summed E-state index contributed by atoms with van der Waals surface area (Å²) in [5.41, 5.74) is 4.16. The van der Waals surface area contributed by atoms with Crippen LogP contribution >= 0.6 is 0 Å². The molecule has 0 atom stereocenters. The third kappa shape index (κ3) is 4.89. The molecule has 0 spiro atoms. The number of aliphatic imine (C=N–C) groups is 1. The molecule has 0 aliphatic rings. The van der Waals surface area contributed by atoms with Gasteiger partial charge >= 0.3 is 0 Å². The van der Waals surface area contributed by atoms with E-state index in [4.69, 9.17) is 0 Å². The first-order chi connectivity index (χ1) is 12.7. The Hall–Kier alpha value is -3.21. The molecule has 0 aliphatic heterocycles. The van der Waals surface area contributed by atoms with E-state index < -0.39 is 0 Å². The second kappa shape index (κ2) is 8.76. The lowest BCUT2D eigenvalue weighted by atomic mass is 10.1. The van der Waals surface area contributed by atoms with Crippen molar-refractivity contribution < 1.29 is 4.39 Å². The zero-order valence-corrected chi connectivity index (χ0v) is 14.6. The van der Waals surface area contributed by atoms with E-state index in [9.17, 15) is 4.39 Å². The van der Waals surface area contributed by atoms with Crippen molar-refractivity contribution in [2.75, 3.05) is 7.05 Å². The molecule has 0 fully saturated rings. The fourth-order valence-corrected chi connectivity index (χ4v) is 2.57. The molecule has 26 heavy (non-hydrogen) atoms. The lowest BCUT2D eigenvalue weighted by Gasteiger charge is -2.12. The molecule has 4 nitrogen and oxygen atoms in total. The largest absolute Gasteiger partial charge is 0.352 e. The maximum Gasteiger partial charge on any atom is 0.191 e. The normalized spacial score (nSPS) is 11.2. The Labute approximate surface area is 152 Å². The predicted octanol–water partition coefficient (Wildman–Crippen LogP) is 3.75. The smallest absolute Gasteiger partial charge is 0.191 e. The van der Waals surface area contributed by atoms with Crippen LogP contribution in [0.3, 0.4) is 0 Å². The molecule has 0 aliphatic carbocycles. The molecule has 0 saturated carbocycles. The third-order valence-electron chi connectivity index (χ3n) is 3.94. The van der Waals surface area contributed by atoms with Crippen LogP contribution in [0.15, 0.2) is 77.9 Å². The van der Waals surface area contributed by atoms with Crippen molar-refractivity contribution in [3.05, 3.63) is 89.9 Å². The number of rotatable bonds is 5. The lowest BCUT2D eigenvalue weighted by molar-refractivity contribution is 0.626. The first-order valence-electron chi connectivity index (χ1n) is 8.44. The topological polar surface area (TPSA) is 49.3 Å². The fraction of sp³-hybridized carbons (Fsp3) is 0.143. The van der Waals surface area contributed by atoms with Crippen LogP contribution in [0.5, 0.6) is 0 Å². The monoisotopic (exact) mass is 348 g/mol. The Morgan fingerprint density at radius 2 is 1.69 bits per heavy atom. The van der Waals surface area contributed by atoms with Gasteiger partial charge < -0.3 is 10.6 Å². The number of pyridine rings is 1. The molecular formula is C21H21FN4. The van der Waals surface area contributed by atoms with Crippen molar-refractivity contribution in [2.45, 2.75) is 13.1 Å². The number of halogens is 1. The standard InChI is InChI=1S/C21H21FN4/c1-23-21(25-14-16-8-10-19(22)11-9-16)26-15-17-5-4-6-18(13-17)20-7-2-3-12-24-20/h2-13H,14-15H2,1H3,(H2,23,25,26). The van der Waals surface area contributed by atoms with Crippen LogP contribution < -0.4 is 10.6 Å². The maximum atomic E-state index is 13.0. The summed E-state index contributed by atoms with van der Waals surface area (Å²) in [6.07, 6.45) is 1.79. The number of nitrogens with zero attached hydrogens (tertiary/aromatic N) is 2. The number of benzene rings is 2. The lowest BCUT2D eigenvalue weighted by Crippen LogP contribution is -2.36. The summed E-state index contributed by atoms with van der Waals surface area (Å²) in [5, 5.41) is 6.52. The molecule has 5 heteroatoms. The van der Waals surface area contributed by atoms with Gasteiger partial charge in [0.1, 0.15) is 5.82 Å². The summed E-state index contributed by atoms with van der Waals surface area (Å²) < 4.78 is 13.0. The minimum Gasteiger partial charge on any atom is -0.352 e. The van der Waals surface area contributed by atoms with Crippen LogP contribution in [0.4, 0.5) is 4.39 Å². The highest BCUT2D eigenvalue weighted by Gasteiger charge is 2.02. The Kier molecular flexibility index (Phi) is 5.93. The van der Waals surface area contributed by atoms with Gasteiger partial charge in [-0.25, -0.2) is 4.39 Å². The highest BCUT2D eigenvalue weighted by atomic mass is 19.1. The Bertz CT molecular complexity index is 861. The Morgan fingerprint density at radius 3 is 2.38 bits per heavy atom. The molecule has 2 aromatic carbocycles. The van der Waals surface area contributed by atoms with Gasteiger partial charge in [-0.3, -0.25) is 9.98 Å². The number of hydrogen-bond acceptors (Lipinski definition) is 2. The third-order valence-corrected chi connectivity index (χ3v) is 3.94. The van der Waals surface area contributed by atoms with Crippen LogP contribution in [0.1, 0.15) is 11.1 Å². The van der Waals surface area contributed by atoms with Gasteiger partial charge in [0.2, 0.25) is 0 Å². The van der Waals surface area contributed by atoms with Gasteiger partial charge in [0, 0.05) is 31.9 Å². The van der Waals surface area contributed by atoms with Crippen molar-refractivity contribution in [1.29, 1.82) is 0 Å². The summed E-state index contributed by atoms with van der Waals surface area (Å²) in [7, 11) is 1.73. The first kappa shape index (κ1) is 17.6. The molecule has 3 rings (SSSR count). The average molecular weight is 348 g/mol. The summed E-state index contributed by atoms with van der Waals surface area (Å²) in [6.45, 7) is 1.22. The van der Waals surface area contributed by atoms with Crippen LogP contribution in [0.2, 0.25) is 0 Å².